The van der Waals surface area contributed by atoms with Crippen molar-refractivity contribution in [3.8, 4) is 0 Å². The lowest BCUT2D eigenvalue weighted by Crippen LogP contribution is -2.32. The normalized spacial score (nSPS) is 13.8. The first-order valence-electron chi connectivity index (χ1n) is 7.07. The molecule has 0 spiro atoms. The first-order chi connectivity index (χ1) is 9.50. The fourth-order valence-electron chi connectivity index (χ4n) is 1.53. The van der Waals surface area contributed by atoms with Gasteiger partial charge >= 0.3 is 0 Å². The van der Waals surface area contributed by atoms with Crippen LogP contribution in [0.4, 0.5) is 11.6 Å². The molecule has 1 aromatic rings. The van der Waals surface area contributed by atoms with Crippen LogP contribution in [0.1, 0.15) is 39.4 Å². The molecular weight excluding hydrogens is 256 g/mol. The Bertz CT molecular complexity index is 410. The summed E-state index contributed by atoms with van der Waals surface area (Å²) >= 11 is 0. The standard InChI is InChI=1S/C14H26N4O2/c1-5-7-15-11-8-12(16-10-14(3,19)6-2)18-13(17-11)9-20-4/h8,19H,5-7,9-10H2,1-4H3,(H2,15,16,17,18). The summed E-state index contributed by atoms with van der Waals surface area (Å²) in [7, 11) is 1.62. The topological polar surface area (TPSA) is 79.3 Å². The Morgan fingerprint density at radius 1 is 1.25 bits per heavy atom. The smallest absolute Gasteiger partial charge is 0.158 e. The molecule has 0 aliphatic heterocycles. The highest BCUT2D eigenvalue weighted by Crippen LogP contribution is 2.15. The molecule has 0 saturated carbocycles. The van der Waals surface area contributed by atoms with Crippen LogP contribution in [0.2, 0.25) is 0 Å². The summed E-state index contributed by atoms with van der Waals surface area (Å²) in [5, 5.41) is 16.4. The summed E-state index contributed by atoms with van der Waals surface area (Å²) in [5.41, 5.74) is -0.747. The van der Waals surface area contributed by atoms with Gasteiger partial charge in [-0.25, -0.2) is 9.97 Å². The van der Waals surface area contributed by atoms with Crippen molar-refractivity contribution in [3.63, 3.8) is 0 Å². The highest BCUT2D eigenvalue weighted by molar-refractivity contribution is 5.47. The van der Waals surface area contributed by atoms with Crippen molar-refractivity contribution in [1.29, 1.82) is 0 Å². The zero-order valence-corrected chi connectivity index (χ0v) is 12.9. The zero-order chi connectivity index (χ0) is 15.0. The Morgan fingerprint density at radius 2 is 1.90 bits per heavy atom. The fourth-order valence-corrected chi connectivity index (χ4v) is 1.53. The second kappa shape index (κ2) is 8.01. The number of ether oxygens (including phenoxy) is 1. The Labute approximate surface area is 121 Å². The van der Waals surface area contributed by atoms with Crippen LogP contribution in [0.5, 0.6) is 0 Å². The van der Waals surface area contributed by atoms with Crippen LogP contribution in [0.25, 0.3) is 0 Å². The van der Waals surface area contributed by atoms with Gasteiger partial charge in [-0.05, 0) is 19.8 Å². The van der Waals surface area contributed by atoms with E-state index in [9.17, 15) is 5.11 Å². The van der Waals surface area contributed by atoms with E-state index in [1.54, 1.807) is 14.0 Å². The molecule has 1 aromatic heterocycles. The molecule has 0 saturated heterocycles. The molecule has 0 bridgehead atoms. The van der Waals surface area contributed by atoms with Crippen molar-refractivity contribution in [2.75, 3.05) is 30.8 Å². The minimum atomic E-state index is -0.747. The molecule has 0 fully saturated rings. The van der Waals surface area contributed by atoms with Crippen molar-refractivity contribution >= 4 is 11.6 Å². The van der Waals surface area contributed by atoms with Crippen LogP contribution >= 0.6 is 0 Å². The number of hydrogen-bond acceptors (Lipinski definition) is 6. The van der Waals surface area contributed by atoms with Gasteiger partial charge in [0.05, 0.1) is 5.60 Å². The highest BCUT2D eigenvalue weighted by atomic mass is 16.5. The van der Waals surface area contributed by atoms with Crippen molar-refractivity contribution in [3.05, 3.63) is 11.9 Å². The second-order valence-corrected chi connectivity index (χ2v) is 5.12. The van der Waals surface area contributed by atoms with Gasteiger partial charge < -0.3 is 20.5 Å². The van der Waals surface area contributed by atoms with Crippen LogP contribution in [0.3, 0.4) is 0 Å². The molecule has 0 aromatic carbocycles. The number of aliphatic hydroxyl groups is 1. The first-order valence-corrected chi connectivity index (χ1v) is 7.07. The summed E-state index contributed by atoms with van der Waals surface area (Å²) in [4.78, 5) is 8.75. The van der Waals surface area contributed by atoms with Crippen LogP contribution in [-0.2, 0) is 11.3 Å². The average molecular weight is 282 g/mol. The van der Waals surface area contributed by atoms with E-state index in [4.69, 9.17) is 4.74 Å². The molecule has 1 rings (SSSR count). The molecule has 1 atom stereocenters. The van der Waals surface area contributed by atoms with Gasteiger partial charge in [0, 0.05) is 26.3 Å². The van der Waals surface area contributed by atoms with Crippen molar-refractivity contribution in [2.45, 2.75) is 45.8 Å². The second-order valence-electron chi connectivity index (χ2n) is 5.12. The van der Waals surface area contributed by atoms with E-state index in [0.717, 1.165) is 18.8 Å². The number of anilines is 2. The van der Waals surface area contributed by atoms with Crippen LogP contribution in [0.15, 0.2) is 6.07 Å². The molecule has 6 nitrogen and oxygen atoms in total. The third kappa shape index (κ3) is 5.71. The quantitative estimate of drug-likeness (QED) is 0.643. The van der Waals surface area contributed by atoms with Gasteiger partial charge in [0.1, 0.15) is 18.2 Å². The molecule has 1 heterocycles. The van der Waals surface area contributed by atoms with Crippen LogP contribution in [0, 0.1) is 0 Å². The molecular formula is C14H26N4O2. The van der Waals surface area contributed by atoms with Crippen LogP contribution in [-0.4, -0.2) is 40.9 Å². The monoisotopic (exact) mass is 282 g/mol. The van der Waals surface area contributed by atoms with E-state index in [1.165, 1.54) is 0 Å². The van der Waals surface area contributed by atoms with Crippen LogP contribution < -0.4 is 10.6 Å². The molecule has 3 N–H and O–H groups in total. The number of hydrogen-bond donors (Lipinski definition) is 3. The van der Waals surface area contributed by atoms with E-state index >= 15 is 0 Å². The summed E-state index contributed by atoms with van der Waals surface area (Å²) in [6.07, 6.45) is 1.70. The number of methoxy groups -OCH3 is 1. The lowest BCUT2D eigenvalue weighted by Gasteiger charge is -2.22. The van der Waals surface area contributed by atoms with Gasteiger partial charge in [-0.2, -0.15) is 0 Å². The molecule has 0 aliphatic carbocycles. The van der Waals surface area contributed by atoms with Crippen molar-refractivity contribution < 1.29 is 9.84 Å². The molecule has 6 heteroatoms. The van der Waals surface area contributed by atoms with E-state index < -0.39 is 5.60 Å². The lowest BCUT2D eigenvalue weighted by atomic mass is 10.0. The molecule has 1 unspecified atom stereocenters. The Hall–Kier alpha value is -1.40. The minimum Gasteiger partial charge on any atom is -0.388 e. The minimum absolute atomic E-state index is 0.362. The Balaban J connectivity index is 2.79. The predicted molar refractivity (Wildman–Crippen MR) is 80.9 cm³/mol. The van der Waals surface area contributed by atoms with Gasteiger partial charge in [-0.1, -0.05) is 13.8 Å². The molecule has 0 aliphatic rings. The van der Waals surface area contributed by atoms with Crippen molar-refractivity contribution in [2.24, 2.45) is 0 Å². The van der Waals surface area contributed by atoms with Gasteiger partial charge in [0.25, 0.3) is 0 Å². The maximum atomic E-state index is 10.0. The Morgan fingerprint density at radius 3 is 2.45 bits per heavy atom. The van der Waals surface area contributed by atoms with E-state index in [1.807, 2.05) is 13.0 Å². The Kier molecular flexibility index (Phi) is 6.67. The van der Waals surface area contributed by atoms with E-state index in [-0.39, 0.29) is 0 Å². The molecule has 20 heavy (non-hydrogen) atoms. The van der Waals surface area contributed by atoms with Gasteiger partial charge in [0.2, 0.25) is 0 Å². The maximum absolute atomic E-state index is 10.0. The number of rotatable bonds is 9. The first kappa shape index (κ1) is 16.7. The third-order valence-corrected chi connectivity index (χ3v) is 3.01. The average Bonchev–Trinajstić information content (AvgIpc) is 2.43. The predicted octanol–water partition coefficient (Wildman–Crippen LogP) is 2.02. The molecule has 114 valence electrons. The largest absolute Gasteiger partial charge is 0.388 e. The molecule has 0 amide bonds. The van der Waals surface area contributed by atoms with Gasteiger partial charge in [-0.15, -0.1) is 0 Å². The maximum Gasteiger partial charge on any atom is 0.158 e. The van der Waals surface area contributed by atoms with E-state index in [0.29, 0.717) is 31.2 Å². The SMILES string of the molecule is CCCNc1cc(NCC(C)(O)CC)nc(COC)n1. The molecule has 0 radical (unpaired) electrons. The summed E-state index contributed by atoms with van der Waals surface area (Å²) in [6, 6.07) is 1.85. The number of nitrogens with one attached hydrogen (secondary N) is 2. The number of aromatic nitrogens is 2. The van der Waals surface area contributed by atoms with Gasteiger partial charge in [-0.3, -0.25) is 0 Å². The highest BCUT2D eigenvalue weighted by Gasteiger charge is 2.17. The zero-order valence-electron chi connectivity index (χ0n) is 12.9. The van der Waals surface area contributed by atoms with Crippen molar-refractivity contribution in [1.82, 2.24) is 9.97 Å². The number of nitrogens with zero attached hydrogens (tertiary/aromatic N) is 2. The van der Waals surface area contributed by atoms with Gasteiger partial charge in [0.15, 0.2) is 5.82 Å². The lowest BCUT2D eigenvalue weighted by molar-refractivity contribution is 0.0696. The van der Waals surface area contributed by atoms with E-state index in [2.05, 4.69) is 27.5 Å². The fraction of sp³-hybridized carbons (Fsp3) is 0.714. The summed E-state index contributed by atoms with van der Waals surface area (Å²) < 4.78 is 5.08. The summed E-state index contributed by atoms with van der Waals surface area (Å²) in [6.45, 7) is 7.51. The third-order valence-electron chi connectivity index (χ3n) is 3.01. The summed E-state index contributed by atoms with van der Waals surface area (Å²) in [5.74, 6) is 2.08.